The van der Waals surface area contributed by atoms with Crippen molar-refractivity contribution in [1.82, 2.24) is 4.90 Å². The lowest BCUT2D eigenvalue weighted by atomic mass is 9.81. The van der Waals surface area contributed by atoms with Gasteiger partial charge in [-0.15, -0.1) is 6.58 Å². The third-order valence-corrected chi connectivity index (χ3v) is 13.1. The molecule has 3 heterocycles. The molecule has 3 aliphatic heterocycles. The van der Waals surface area contributed by atoms with E-state index in [0.29, 0.717) is 63.5 Å². The summed E-state index contributed by atoms with van der Waals surface area (Å²) in [5.74, 6) is -7.76. The lowest BCUT2D eigenvalue weighted by molar-refractivity contribution is -0.302. The molecular weight excluding hydrogens is 787 g/mol. The number of allylic oxidation sites excluding steroid dienone is 4. The summed E-state index contributed by atoms with van der Waals surface area (Å²) in [6, 6.07) is -1.14. The number of cyclic esters (lactones) is 1. The minimum absolute atomic E-state index is 0.00988. The van der Waals surface area contributed by atoms with Gasteiger partial charge in [-0.05, 0) is 102 Å². The number of piperidine rings is 1. The van der Waals surface area contributed by atoms with Crippen molar-refractivity contribution in [2.45, 2.75) is 173 Å². The molecule has 14 atom stereocenters. The summed E-state index contributed by atoms with van der Waals surface area (Å²) in [6.07, 6.45) is 5.81. The number of rotatable bonds is 8. The second-order valence-corrected chi connectivity index (χ2v) is 18.0. The number of carbonyl (C=O) groups excluding carboxylic acids is 4. The van der Waals surface area contributed by atoms with Gasteiger partial charge in [-0.3, -0.25) is 14.4 Å². The van der Waals surface area contributed by atoms with E-state index in [0.717, 1.165) is 12.0 Å². The number of methoxy groups -OCH3 is 3. The molecule has 61 heavy (non-hydrogen) atoms. The van der Waals surface area contributed by atoms with E-state index in [9.17, 15) is 34.5 Å². The molecule has 348 valence electrons. The van der Waals surface area contributed by atoms with E-state index in [1.165, 1.54) is 19.1 Å². The molecule has 3 fully saturated rings. The van der Waals surface area contributed by atoms with Crippen LogP contribution in [0.2, 0.25) is 0 Å². The molecule has 1 saturated carbocycles. The van der Waals surface area contributed by atoms with Gasteiger partial charge in [0.15, 0.2) is 0 Å². The number of amides is 1. The minimum atomic E-state index is -2.51. The van der Waals surface area contributed by atoms with E-state index in [4.69, 9.17) is 28.8 Å². The lowest BCUT2D eigenvalue weighted by Gasteiger charge is -2.47. The van der Waals surface area contributed by atoms with Crippen molar-refractivity contribution in [3.05, 3.63) is 36.0 Å². The Hall–Kier alpha value is -2.82. The van der Waals surface area contributed by atoms with E-state index in [1.807, 2.05) is 39.8 Å². The average molecular weight is 864 g/mol. The number of aliphatic hydroxyl groups is 4. The van der Waals surface area contributed by atoms with Gasteiger partial charge in [0.1, 0.15) is 24.0 Å². The van der Waals surface area contributed by atoms with E-state index in [-0.39, 0.29) is 49.5 Å². The van der Waals surface area contributed by atoms with Crippen LogP contribution in [0, 0.1) is 29.6 Å². The number of carbonyl (C=O) groups is 4. The number of ether oxygens (including phenoxy) is 5. The third kappa shape index (κ3) is 13.8. The molecule has 2 bridgehead atoms. The largest absolute Gasteiger partial charge is 0.456 e. The zero-order valence-corrected chi connectivity index (χ0v) is 38.3. The van der Waals surface area contributed by atoms with Crippen LogP contribution < -0.4 is 0 Å². The highest BCUT2D eigenvalue weighted by Gasteiger charge is 2.56. The predicted molar refractivity (Wildman–Crippen MR) is 230 cm³/mol. The molecule has 4 N–H and O–H groups in total. The van der Waals surface area contributed by atoms with Gasteiger partial charge >= 0.3 is 5.97 Å². The molecule has 2 saturated heterocycles. The van der Waals surface area contributed by atoms with Crippen LogP contribution in [0.15, 0.2) is 36.0 Å². The molecule has 4 rings (SSSR count). The summed E-state index contributed by atoms with van der Waals surface area (Å²) in [7, 11) is 4.61. The second kappa shape index (κ2) is 24.9. The number of esters is 1. The van der Waals surface area contributed by atoms with Crippen LogP contribution in [0.4, 0.5) is 0 Å². The first-order valence-corrected chi connectivity index (χ1v) is 22.4. The van der Waals surface area contributed by atoms with Crippen molar-refractivity contribution >= 4 is 23.4 Å². The van der Waals surface area contributed by atoms with Gasteiger partial charge in [0.2, 0.25) is 5.79 Å². The summed E-state index contributed by atoms with van der Waals surface area (Å²) in [5, 5.41) is 42.0. The van der Waals surface area contributed by atoms with Crippen molar-refractivity contribution < 1.29 is 63.3 Å². The molecule has 1 aliphatic carbocycles. The fourth-order valence-electron chi connectivity index (χ4n) is 9.42. The smallest absolute Gasteiger partial charge is 0.329 e. The highest BCUT2D eigenvalue weighted by Crippen LogP contribution is 2.39. The Morgan fingerprint density at radius 1 is 0.934 bits per heavy atom. The second-order valence-electron chi connectivity index (χ2n) is 18.0. The van der Waals surface area contributed by atoms with E-state index in [1.54, 1.807) is 27.0 Å². The van der Waals surface area contributed by atoms with Crippen LogP contribution in [-0.2, 0) is 42.9 Å². The molecule has 14 nitrogen and oxygen atoms in total. The molecule has 0 unspecified atom stereocenters. The number of fused-ring (bicyclic) bond motifs is 3. The fraction of sp³-hybridized carbons (Fsp3) is 0.787. The number of Topliss-reactive ketones (excluding diaryl/α,β-unsaturated/α-hetero) is 2. The number of nitrogens with zero attached hydrogens (tertiary/aromatic N) is 1. The Bertz CT molecular complexity index is 1510. The number of ketones is 2. The topological polar surface area (TPSA) is 199 Å². The van der Waals surface area contributed by atoms with Crippen LogP contribution in [0.1, 0.15) is 119 Å². The van der Waals surface area contributed by atoms with E-state index < -0.39 is 83.9 Å². The minimum Gasteiger partial charge on any atom is -0.456 e. The maximum atomic E-state index is 14.3. The molecule has 0 aromatic carbocycles. The predicted octanol–water partition coefficient (Wildman–Crippen LogP) is 5.03. The van der Waals surface area contributed by atoms with Gasteiger partial charge in [-0.25, -0.2) is 4.79 Å². The van der Waals surface area contributed by atoms with Crippen LogP contribution in [0.3, 0.4) is 0 Å². The zero-order valence-electron chi connectivity index (χ0n) is 38.3. The monoisotopic (exact) mass is 864 g/mol. The Morgan fingerprint density at radius 3 is 2.18 bits per heavy atom. The number of aliphatic hydroxyl groups excluding tert-OH is 3. The van der Waals surface area contributed by atoms with E-state index >= 15 is 0 Å². The molecule has 14 heteroatoms. The van der Waals surface area contributed by atoms with Gasteiger partial charge < -0.3 is 49.0 Å². The molecular formula is C47H77NO13. The fourth-order valence-corrected chi connectivity index (χ4v) is 9.42. The average Bonchev–Trinajstić information content (AvgIpc) is 3.24. The number of hydrogen-bond donors (Lipinski definition) is 4. The maximum absolute atomic E-state index is 14.3. The summed E-state index contributed by atoms with van der Waals surface area (Å²) in [6.45, 7) is 15.4. The molecule has 4 aliphatic rings. The lowest BCUT2D eigenvalue weighted by Crippen LogP contribution is -2.64. The van der Waals surface area contributed by atoms with Gasteiger partial charge in [0, 0.05) is 58.7 Å². The van der Waals surface area contributed by atoms with Crippen molar-refractivity contribution in [3.8, 4) is 0 Å². The summed E-state index contributed by atoms with van der Waals surface area (Å²) < 4.78 is 29.7. The highest BCUT2D eigenvalue weighted by atomic mass is 16.7. The third-order valence-electron chi connectivity index (χ3n) is 13.1. The Morgan fingerprint density at radius 2 is 1.57 bits per heavy atom. The number of hydrogen-bond acceptors (Lipinski definition) is 13. The SMILES string of the molecule is C=CC[C@@H]1/C=C(\C)C[C@H](C)C[C@H](OC)[C@H]2O[C@@](O)(C(=O)C(=O)N3CCCC[C@H]3C(=O)O[C@H](/C(C)=C/[C@@H]3CC[C@@H](O)[C@H](OC)C3)[C@H](C)[C@@H](O)CC1=O)[C@H](C)C[C@@H]2OC.CCCO. The van der Waals surface area contributed by atoms with Crippen molar-refractivity contribution in [2.75, 3.05) is 34.5 Å². The summed E-state index contributed by atoms with van der Waals surface area (Å²) in [5.41, 5.74) is 1.61. The first-order valence-electron chi connectivity index (χ1n) is 22.4. The van der Waals surface area contributed by atoms with Crippen LogP contribution >= 0.6 is 0 Å². The first kappa shape index (κ1) is 52.5. The van der Waals surface area contributed by atoms with E-state index in [2.05, 4.69) is 6.58 Å². The van der Waals surface area contributed by atoms with Crippen molar-refractivity contribution in [3.63, 3.8) is 0 Å². The van der Waals surface area contributed by atoms with Crippen LogP contribution in [-0.4, -0.2) is 138 Å². The molecule has 0 aromatic heterocycles. The summed E-state index contributed by atoms with van der Waals surface area (Å²) in [4.78, 5) is 57.8. The van der Waals surface area contributed by atoms with Gasteiger partial charge in [0.25, 0.3) is 11.7 Å². The maximum Gasteiger partial charge on any atom is 0.329 e. The Labute approximate surface area is 364 Å². The molecule has 0 aromatic rings. The quantitative estimate of drug-likeness (QED) is 0.144. The standard InChI is InChI=1S/C44H69NO12.C3H8O/c1-10-13-31-19-25(2)18-26(3)20-37(54-8)40-38(55-9)22-28(5)44(52,57-40)41(49)42(50)45-17-12-11-14-32(45)43(51)56-39(29(6)34(47)24-35(31)48)27(4)21-30-15-16-33(46)36(23-30)53-7;1-2-3-4/h10,19,21,26,28-34,36-40,46-47,52H,1,11-18,20,22-24H2,2-9H3;4H,2-3H2,1H3/b25-19+,27-21+;/t26-,28+,29+,30-,31+,32-,33+,34-,36+,37-,38-,39+,40+,44+;/m0./s1. The van der Waals surface area contributed by atoms with Crippen LogP contribution in [0.25, 0.3) is 0 Å². The van der Waals surface area contributed by atoms with Crippen molar-refractivity contribution in [2.24, 2.45) is 29.6 Å². The highest BCUT2D eigenvalue weighted by molar-refractivity contribution is 6.39. The van der Waals surface area contributed by atoms with Crippen LogP contribution in [0.5, 0.6) is 0 Å². The first-order chi connectivity index (χ1) is 28.9. The Balaban J connectivity index is 0.00000237. The zero-order chi connectivity index (χ0) is 45.6. The summed E-state index contributed by atoms with van der Waals surface area (Å²) >= 11 is 0. The van der Waals surface area contributed by atoms with Gasteiger partial charge in [0.05, 0.1) is 30.5 Å². The van der Waals surface area contributed by atoms with Gasteiger partial charge in [-0.1, -0.05) is 51.5 Å². The normalized spacial score (nSPS) is 38.8. The molecule has 1 amide bonds. The van der Waals surface area contributed by atoms with Gasteiger partial charge in [-0.2, -0.15) is 0 Å². The molecule has 0 radical (unpaired) electrons. The molecule has 0 spiro atoms. The Kier molecular flexibility index (Phi) is 21.4. The van der Waals surface area contributed by atoms with Crippen molar-refractivity contribution in [1.29, 1.82) is 0 Å².